The second-order valence-corrected chi connectivity index (χ2v) is 9.84. The van der Waals surface area contributed by atoms with Crippen molar-refractivity contribution < 1.29 is 58.8 Å². The molecule has 0 radical (unpaired) electrons. The Morgan fingerprint density at radius 3 is 2.23 bits per heavy atom. The minimum absolute atomic E-state index is 0.0550. The number of phenolic OH excluding ortho intramolecular Hbond substituents is 3. The van der Waals surface area contributed by atoms with Crippen LogP contribution in [0.3, 0.4) is 0 Å². The van der Waals surface area contributed by atoms with Crippen LogP contribution in [0.1, 0.15) is 5.56 Å². The molecule has 0 aliphatic carbocycles. The van der Waals surface area contributed by atoms with Crippen molar-refractivity contribution in [3.63, 3.8) is 0 Å². The summed E-state index contributed by atoms with van der Waals surface area (Å²) in [6.07, 6.45) is -6.06. The van der Waals surface area contributed by atoms with Gasteiger partial charge in [0.15, 0.2) is 5.76 Å². The summed E-state index contributed by atoms with van der Waals surface area (Å²) in [5, 5.41) is 61.1. The molecule has 4 aromatic rings. The predicted molar refractivity (Wildman–Crippen MR) is 153 cm³/mol. The molecule has 1 fully saturated rings. The number of carbonyl (C=O) groups excluding carboxylic acids is 1. The SMILES string of the molecule is COc1cc(O)c2c(=O)c(O[C@@H]3O[C@H](COC(=O)/C=C/c4ccc(O)cc4)[C@@H](O)[C@H](O)[C@H]3O)c(-c3ccc(O)cc3)oc2c1. The number of hydrogen-bond donors (Lipinski definition) is 6. The number of hydrogen-bond acceptors (Lipinski definition) is 13. The highest BCUT2D eigenvalue weighted by molar-refractivity contribution is 5.88. The van der Waals surface area contributed by atoms with E-state index in [0.717, 1.165) is 6.08 Å². The van der Waals surface area contributed by atoms with E-state index in [-0.39, 0.29) is 39.5 Å². The van der Waals surface area contributed by atoms with Gasteiger partial charge >= 0.3 is 5.97 Å². The van der Waals surface area contributed by atoms with Gasteiger partial charge < -0.3 is 54.0 Å². The average molecular weight is 609 g/mol. The minimum atomic E-state index is -1.88. The second-order valence-electron chi connectivity index (χ2n) is 9.84. The van der Waals surface area contributed by atoms with Crippen LogP contribution in [-0.2, 0) is 14.3 Å². The monoisotopic (exact) mass is 608 g/mol. The molecule has 0 spiro atoms. The molecule has 0 unspecified atom stereocenters. The van der Waals surface area contributed by atoms with Gasteiger partial charge in [-0.1, -0.05) is 12.1 Å². The zero-order valence-corrected chi connectivity index (χ0v) is 23.1. The van der Waals surface area contributed by atoms with E-state index < -0.39 is 60.2 Å². The lowest BCUT2D eigenvalue weighted by Crippen LogP contribution is -2.60. The first-order valence-electron chi connectivity index (χ1n) is 13.2. The van der Waals surface area contributed by atoms with Crippen LogP contribution >= 0.6 is 0 Å². The van der Waals surface area contributed by atoms with E-state index in [4.69, 9.17) is 23.4 Å². The number of aliphatic hydroxyl groups excluding tert-OH is 3. The quantitative estimate of drug-likeness (QED) is 0.125. The number of fused-ring (bicyclic) bond motifs is 1. The fraction of sp³-hybridized carbons (Fsp3) is 0.226. The van der Waals surface area contributed by atoms with E-state index in [2.05, 4.69) is 0 Å². The molecule has 6 N–H and O–H groups in total. The summed E-state index contributed by atoms with van der Waals surface area (Å²) in [5.41, 5.74) is -0.0686. The highest BCUT2D eigenvalue weighted by atomic mass is 16.7. The molecule has 0 bridgehead atoms. The van der Waals surface area contributed by atoms with Crippen molar-refractivity contribution in [2.45, 2.75) is 30.7 Å². The molecule has 1 aromatic heterocycles. The number of benzene rings is 3. The van der Waals surface area contributed by atoms with Crippen molar-refractivity contribution in [1.82, 2.24) is 0 Å². The smallest absolute Gasteiger partial charge is 0.330 e. The fourth-order valence-corrected chi connectivity index (χ4v) is 4.52. The van der Waals surface area contributed by atoms with Crippen LogP contribution in [0.2, 0.25) is 0 Å². The fourth-order valence-electron chi connectivity index (χ4n) is 4.52. The number of aromatic hydroxyl groups is 3. The van der Waals surface area contributed by atoms with E-state index in [1.54, 1.807) is 12.1 Å². The normalized spacial score (nSPS) is 21.8. The van der Waals surface area contributed by atoms with Crippen molar-refractivity contribution in [3.8, 4) is 40.1 Å². The van der Waals surface area contributed by atoms with Crippen molar-refractivity contribution in [2.24, 2.45) is 0 Å². The van der Waals surface area contributed by atoms with Gasteiger partial charge in [0.25, 0.3) is 0 Å². The van der Waals surface area contributed by atoms with Crippen molar-refractivity contribution in [1.29, 1.82) is 0 Å². The Balaban J connectivity index is 1.43. The molecule has 13 nitrogen and oxygen atoms in total. The third-order valence-electron chi connectivity index (χ3n) is 6.87. The number of phenols is 3. The molecule has 3 aromatic carbocycles. The topological polar surface area (TPSA) is 206 Å². The average Bonchev–Trinajstić information content (AvgIpc) is 3.01. The molecule has 1 saturated heterocycles. The van der Waals surface area contributed by atoms with Crippen LogP contribution in [0, 0.1) is 0 Å². The van der Waals surface area contributed by atoms with E-state index in [0.29, 0.717) is 5.56 Å². The summed E-state index contributed by atoms with van der Waals surface area (Å²) >= 11 is 0. The zero-order chi connectivity index (χ0) is 31.5. The number of rotatable bonds is 8. The van der Waals surface area contributed by atoms with Crippen molar-refractivity contribution in [2.75, 3.05) is 13.7 Å². The Labute approximate surface area is 249 Å². The van der Waals surface area contributed by atoms with Gasteiger partial charge in [-0.25, -0.2) is 4.79 Å². The van der Waals surface area contributed by atoms with Gasteiger partial charge in [0.05, 0.1) is 7.11 Å². The highest BCUT2D eigenvalue weighted by Crippen LogP contribution is 2.37. The predicted octanol–water partition coefficient (Wildman–Crippen LogP) is 2.03. The number of methoxy groups -OCH3 is 1. The molecular formula is C31H28O13. The standard InChI is InChI=1S/C31H28O13/c1-40-19-12-20(34)24-21(13-19)42-29(16-5-9-18(33)10-6-16)30(26(24)37)44-31-28(39)27(38)25(36)22(43-31)14-41-23(35)11-4-15-2-7-17(32)8-3-15/h2-13,22,25,27-28,31-34,36,38-39H,14H2,1H3/b11-4+/t22-,25-,27+,28-,31+/m1/s1. The molecule has 5 atom stereocenters. The molecule has 0 saturated carbocycles. The van der Waals surface area contributed by atoms with Crippen LogP contribution < -0.4 is 14.9 Å². The molecule has 1 aliphatic rings. The van der Waals surface area contributed by atoms with E-state index in [9.17, 15) is 40.2 Å². The molecule has 0 amide bonds. The van der Waals surface area contributed by atoms with Crippen LogP contribution in [0.5, 0.6) is 28.7 Å². The van der Waals surface area contributed by atoms with Gasteiger partial charge in [-0.05, 0) is 48.0 Å². The largest absolute Gasteiger partial charge is 0.508 e. The third kappa shape index (κ3) is 6.31. The summed E-state index contributed by atoms with van der Waals surface area (Å²) in [4.78, 5) is 25.9. The first-order valence-corrected chi connectivity index (χ1v) is 13.2. The second kappa shape index (κ2) is 12.7. The summed E-state index contributed by atoms with van der Waals surface area (Å²) < 4.78 is 27.6. The first kappa shape index (κ1) is 30.4. The van der Waals surface area contributed by atoms with E-state index >= 15 is 0 Å². The Bertz CT molecular complexity index is 1730. The Morgan fingerprint density at radius 1 is 0.909 bits per heavy atom. The van der Waals surface area contributed by atoms with Gasteiger partial charge in [-0.15, -0.1) is 0 Å². The lowest BCUT2D eigenvalue weighted by molar-refractivity contribution is -0.278. The Kier molecular flexibility index (Phi) is 8.73. The minimum Gasteiger partial charge on any atom is -0.508 e. The maximum atomic E-state index is 13.7. The summed E-state index contributed by atoms with van der Waals surface area (Å²) in [7, 11) is 1.36. The van der Waals surface area contributed by atoms with Gasteiger partial charge in [0, 0.05) is 23.8 Å². The summed E-state index contributed by atoms with van der Waals surface area (Å²) in [5.74, 6) is -1.82. The molecular weight excluding hydrogens is 580 g/mol. The van der Waals surface area contributed by atoms with Crippen LogP contribution in [0.15, 0.2) is 76.0 Å². The first-order chi connectivity index (χ1) is 21.0. The number of ether oxygens (including phenoxy) is 4. The maximum Gasteiger partial charge on any atom is 0.330 e. The van der Waals surface area contributed by atoms with Gasteiger partial charge in [0.2, 0.25) is 17.5 Å². The lowest BCUT2D eigenvalue weighted by Gasteiger charge is -2.39. The summed E-state index contributed by atoms with van der Waals surface area (Å²) in [6, 6.07) is 14.1. The highest BCUT2D eigenvalue weighted by Gasteiger charge is 2.46. The van der Waals surface area contributed by atoms with E-state index in [1.807, 2.05) is 0 Å². The maximum absolute atomic E-state index is 13.7. The van der Waals surface area contributed by atoms with E-state index in [1.165, 1.54) is 61.7 Å². The molecule has 2 heterocycles. The number of aliphatic hydroxyl groups is 3. The van der Waals surface area contributed by atoms with Crippen LogP contribution in [0.4, 0.5) is 0 Å². The molecule has 13 heteroatoms. The van der Waals surface area contributed by atoms with Crippen LogP contribution in [-0.4, -0.2) is 81.0 Å². The zero-order valence-electron chi connectivity index (χ0n) is 23.1. The van der Waals surface area contributed by atoms with Crippen molar-refractivity contribution >= 4 is 23.0 Å². The Hall–Kier alpha value is -5.08. The molecule has 5 rings (SSSR count). The van der Waals surface area contributed by atoms with Gasteiger partial charge in [0.1, 0.15) is 65.0 Å². The third-order valence-corrected chi connectivity index (χ3v) is 6.87. The molecule has 1 aliphatic heterocycles. The van der Waals surface area contributed by atoms with Gasteiger partial charge in [-0.3, -0.25) is 4.79 Å². The lowest BCUT2D eigenvalue weighted by atomic mass is 9.99. The number of esters is 1. The van der Waals surface area contributed by atoms with Crippen molar-refractivity contribution in [3.05, 3.63) is 82.5 Å². The summed E-state index contributed by atoms with van der Waals surface area (Å²) in [6.45, 7) is -0.568. The molecule has 44 heavy (non-hydrogen) atoms. The number of carbonyl (C=O) groups is 1. The molecule has 230 valence electrons. The van der Waals surface area contributed by atoms with Gasteiger partial charge in [-0.2, -0.15) is 0 Å². The Morgan fingerprint density at radius 2 is 1.57 bits per heavy atom. The van der Waals surface area contributed by atoms with Crippen LogP contribution in [0.25, 0.3) is 28.4 Å².